The first kappa shape index (κ1) is 14.7. The Morgan fingerprint density at radius 1 is 1.45 bits per heavy atom. The van der Waals surface area contributed by atoms with E-state index < -0.39 is 0 Å². The van der Waals surface area contributed by atoms with Gasteiger partial charge in [-0.1, -0.05) is 6.92 Å². The number of piperidine rings is 1. The number of rotatable bonds is 4. The zero-order valence-electron chi connectivity index (χ0n) is 12.5. The van der Waals surface area contributed by atoms with Crippen molar-refractivity contribution in [2.45, 2.75) is 52.0 Å². The number of nitrogens with one attached hydrogen (secondary N) is 1. The van der Waals surface area contributed by atoms with Crippen molar-refractivity contribution in [1.82, 2.24) is 0 Å². The van der Waals surface area contributed by atoms with Gasteiger partial charge in [0.25, 0.3) is 0 Å². The topological polar surface area (TPSA) is 58.4 Å². The van der Waals surface area contributed by atoms with E-state index in [0.29, 0.717) is 18.2 Å². The maximum absolute atomic E-state index is 11.9. The summed E-state index contributed by atoms with van der Waals surface area (Å²) < 4.78 is 0. The largest absolute Gasteiger partial charge is 0.399 e. The average Bonchev–Trinajstić information content (AvgIpc) is 2.40. The summed E-state index contributed by atoms with van der Waals surface area (Å²) in [5.74, 6) is 0.0593. The number of carbonyl (C=O) groups is 1. The molecule has 0 saturated carbocycles. The standard InChI is InChI=1S/C16H25N3O/c1-3-6-16(20)18-14-11-13(17)8-9-15(14)19-10-5-4-7-12(19)2/h8-9,11-12H,3-7,10,17H2,1-2H3,(H,18,20)/t12-/m0/s1. The van der Waals surface area contributed by atoms with Gasteiger partial charge in [-0.3, -0.25) is 4.79 Å². The zero-order chi connectivity index (χ0) is 14.5. The van der Waals surface area contributed by atoms with E-state index in [9.17, 15) is 4.79 Å². The average molecular weight is 275 g/mol. The molecule has 1 aromatic rings. The molecule has 0 bridgehead atoms. The fourth-order valence-electron chi connectivity index (χ4n) is 2.80. The van der Waals surface area contributed by atoms with Crippen LogP contribution >= 0.6 is 0 Å². The van der Waals surface area contributed by atoms with Crippen molar-refractivity contribution in [2.75, 3.05) is 22.5 Å². The lowest BCUT2D eigenvalue weighted by atomic mass is 10.0. The highest BCUT2D eigenvalue weighted by atomic mass is 16.1. The minimum Gasteiger partial charge on any atom is -0.399 e. The minimum absolute atomic E-state index is 0.0593. The molecule has 3 N–H and O–H groups in total. The molecule has 0 aliphatic carbocycles. The fraction of sp³-hybridized carbons (Fsp3) is 0.562. The van der Waals surface area contributed by atoms with Gasteiger partial charge in [-0.05, 0) is 50.8 Å². The Hall–Kier alpha value is -1.71. The van der Waals surface area contributed by atoms with Crippen LogP contribution in [0.25, 0.3) is 0 Å². The summed E-state index contributed by atoms with van der Waals surface area (Å²) in [6.45, 7) is 5.29. The van der Waals surface area contributed by atoms with E-state index in [2.05, 4.69) is 17.1 Å². The Morgan fingerprint density at radius 3 is 2.95 bits per heavy atom. The van der Waals surface area contributed by atoms with Crippen LogP contribution in [0.5, 0.6) is 0 Å². The first-order valence-electron chi connectivity index (χ1n) is 7.58. The maximum atomic E-state index is 11.9. The molecule has 110 valence electrons. The lowest BCUT2D eigenvalue weighted by Gasteiger charge is -2.36. The summed E-state index contributed by atoms with van der Waals surface area (Å²) >= 11 is 0. The van der Waals surface area contributed by atoms with Crippen LogP contribution in [-0.2, 0) is 4.79 Å². The summed E-state index contributed by atoms with van der Waals surface area (Å²) in [4.78, 5) is 14.2. The van der Waals surface area contributed by atoms with Crippen LogP contribution in [0.2, 0.25) is 0 Å². The van der Waals surface area contributed by atoms with Crippen LogP contribution < -0.4 is 16.0 Å². The molecular formula is C16H25N3O. The van der Waals surface area contributed by atoms with Crippen molar-refractivity contribution in [3.63, 3.8) is 0 Å². The quantitative estimate of drug-likeness (QED) is 0.828. The number of nitrogens with zero attached hydrogens (tertiary/aromatic N) is 1. The first-order chi connectivity index (χ1) is 9.61. The van der Waals surface area contributed by atoms with Crippen LogP contribution in [0.3, 0.4) is 0 Å². The van der Waals surface area contributed by atoms with E-state index in [-0.39, 0.29) is 5.91 Å². The summed E-state index contributed by atoms with van der Waals surface area (Å²) in [7, 11) is 0. The molecule has 0 unspecified atom stereocenters. The van der Waals surface area contributed by atoms with Gasteiger partial charge in [-0.15, -0.1) is 0 Å². The number of amides is 1. The number of benzene rings is 1. The molecule has 1 aliphatic rings. The number of nitrogens with two attached hydrogens (primary N) is 1. The molecule has 0 aromatic heterocycles. The molecule has 1 fully saturated rings. The number of carbonyl (C=O) groups excluding carboxylic acids is 1. The van der Waals surface area contributed by atoms with E-state index in [1.807, 2.05) is 25.1 Å². The van der Waals surface area contributed by atoms with Crippen molar-refractivity contribution in [3.05, 3.63) is 18.2 Å². The molecule has 0 spiro atoms. The third-order valence-electron chi connectivity index (χ3n) is 3.88. The van der Waals surface area contributed by atoms with Crippen LogP contribution in [0.1, 0.15) is 46.0 Å². The molecule has 20 heavy (non-hydrogen) atoms. The highest BCUT2D eigenvalue weighted by Crippen LogP contribution is 2.33. The van der Waals surface area contributed by atoms with Gasteiger partial charge in [-0.25, -0.2) is 0 Å². The number of anilines is 3. The van der Waals surface area contributed by atoms with Crippen molar-refractivity contribution in [2.24, 2.45) is 0 Å². The number of hydrogen-bond acceptors (Lipinski definition) is 3. The first-order valence-corrected chi connectivity index (χ1v) is 7.58. The number of nitrogen functional groups attached to an aromatic ring is 1. The van der Waals surface area contributed by atoms with Gasteiger partial charge in [0.15, 0.2) is 0 Å². The van der Waals surface area contributed by atoms with E-state index in [4.69, 9.17) is 5.73 Å². The highest BCUT2D eigenvalue weighted by molar-refractivity contribution is 5.95. The molecule has 4 nitrogen and oxygen atoms in total. The van der Waals surface area contributed by atoms with E-state index in [1.165, 1.54) is 19.3 Å². The van der Waals surface area contributed by atoms with Crippen molar-refractivity contribution in [3.8, 4) is 0 Å². The van der Waals surface area contributed by atoms with Crippen molar-refractivity contribution in [1.29, 1.82) is 0 Å². The Morgan fingerprint density at radius 2 is 2.25 bits per heavy atom. The van der Waals surface area contributed by atoms with Crippen molar-refractivity contribution < 1.29 is 4.79 Å². The van der Waals surface area contributed by atoms with Gasteiger partial charge < -0.3 is 16.0 Å². The van der Waals surface area contributed by atoms with Gasteiger partial charge in [0.05, 0.1) is 11.4 Å². The summed E-state index contributed by atoms with van der Waals surface area (Å²) in [5.41, 5.74) is 8.49. The Balaban J connectivity index is 2.25. The normalized spacial score (nSPS) is 18.9. The van der Waals surface area contributed by atoms with Crippen LogP contribution in [0.4, 0.5) is 17.1 Å². The smallest absolute Gasteiger partial charge is 0.224 e. The SMILES string of the molecule is CCCC(=O)Nc1cc(N)ccc1N1CCCC[C@@H]1C. The van der Waals surface area contributed by atoms with Gasteiger partial charge in [-0.2, -0.15) is 0 Å². The van der Waals surface area contributed by atoms with E-state index in [1.54, 1.807) is 0 Å². The predicted octanol–water partition coefficient (Wildman–Crippen LogP) is 3.39. The predicted molar refractivity (Wildman–Crippen MR) is 85.1 cm³/mol. The lowest BCUT2D eigenvalue weighted by molar-refractivity contribution is -0.116. The molecule has 0 radical (unpaired) electrons. The Labute approximate surface area is 121 Å². The maximum Gasteiger partial charge on any atom is 0.224 e. The van der Waals surface area contributed by atoms with E-state index >= 15 is 0 Å². The third kappa shape index (κ3) is 3.44. The molecule has 4 heteroatoms. The van der Waals surface area contributed by atoms with E-state index in [0.717, 1.165) is 24.3 Å². The zero-order valence-corrected chi connectivity index (χ0v) is 12.5. The highest BCUT2D eigenvalue weighted by Gasteiger charge is 2.21. The van der Waals surface area contributed by atoms with Crippen molar-refractivity contribution >= 4 is 23.0 Å². The van der Waals surface area contributed by atoms with Crippen LogP contribution in [0, 0.1) is 0 Å². The van der Waals surface area contributed by atoms with Gasteiger partial charge in [0, 0.05) is 24.7 Å². The molecule has 1 aromatic carbocycles. The Bertz CT molecular complexity index is 473. The Kier molecular flexibility index (Phi) is 4.88. The third-order valence-corrected chi connectivity index (χ3v) is 3.88. The van der Waals surface area contributed by atoms with Gasteiger partial charge in [0.2, 0.25) is 5.91 Å². The monoisotopic (exact) mass is 275 g/mol. The second-order valence-electron chi connectivity index (χ2n) is 5.61. The molecule has 1 atom stereocenters. The fourth-order valence-corrected chi connectivity index (χ4v) is 2.80. The lowest BCUT2D eigenvalue weighted by Crippen LogP contribution is -2.38. The summed E-state index contributed by atoms with van der Waals surface area (Å²) in [5, 5.41) is 3.01. The van der Waals surface area contributed by atoms with Crippen LogP contribution in [-0.4, -0.2) is 18.5 Å². The molecule has 1 aliphatic heterocycles. The second-order valence-corrected chi connectivity index (χ2v) is 5.61. The molecule has 2 rings (SSSR count). The molecule has 1 amide bonds. The summed E-state index contributed by atoms with van der Waals surface area (Å²) in [6, 6.07) is 6.31. The number of hydrogen-bond donors (Lipinski definition) is 2. The second kappa shape index (κ2) is 6.64. The molecular weight excluding hydrogens is 250 g/mol. The summed E-state index contributed by atoms with van der Waals surface area (Å²) in [6.07, 6.45) is 5.08. The molecule has 1 saturated heterocycles. The molecule has 1 heterocycles. The van der Waals surface area contributed by atoms with Crippen LogP contribution in [0.15, 0.2) is 18.2 Å². The minimum atomic E-state index is 0.0593. The van der Waals surface area contributed by atoms with Gasteiger partial charge >= 0.3 is 0 Å². The van der Waals surface area contributed by atoms with Gasteiger partial charge in [0.1, 0.15) is 0 Å².